The highest BCUT2D eigenvalue weighted by Gasteiger charge is 2.40. The predicted octanol–water partition coefficient (Wildman–Crippen LogP) is 4.75. The van der Waals surface area contributed by atoms with Crippen LogP contribution in [-0.4, -0.2) is 74.8 Å². The zero-order valence-electron chi connectivity index (χ0n) is 22.7. The molecule has 0 bridgehead atoms. The molecule has 1 aliphatic heterocycles. The number of alkyl halides is 3. The zero-order valence-corrected chi connectivity index (χ0v) is 22.7. The fourth-order valence-electron chi connectivity index (χ4n) is 5.47. The number of ether oxygens (including phenoxy) is 1. The van der Waals surface area contributed by atoms with Crippen molar-refractivity contribution in [2.45, 2.75) is 32.1 Å². The quantitative estimate of drug-likeness (QED) is 0.337. The van der Waals surface area contributed by atoms with Gasteiger partial charge in [-0.1, -0.05) is 18.2 Å². The van der Waals surface area contributed by atoms with E-state index >= 15 is 0 Å². The molecule has 41 heavy (non-hydrogen) atoms. The molecule has 216 valence electrons. The lowest BCUT2D eigenvalue weighted by Crippen LogP contribution is -2.55. The molecule has 4 aromatic rings. The normalized spacial score (nSPS) is 17.2. The van der Waals surface area contributed by atoms with Crippen molar-refractivity contribution in [3.8, 4) is 17.0 Å². The van der Waals surface area contributed by atoms with E-state index in [-0.39, 0.29) is 41.7 Å². The summed E-state index contributed by atoms with van der Waals surface area (Å²) in [5, 5.41) is 14.0. The van der Waals surface area contributed by atoms with Crippen LogP contribution in [-0.2, 0) is 6.18 Å². The molecule has 1 saturated heterocycles. The van der Waals surface area contributed by atoms with Gasteiger partial charge in [-0.2, -0.15) is 18.3 Å². The lowest BCUT2D eigenvalue weighted by Gasteiger charge is -2.43. The molecule has 1 fully saturated rings. The van der Waals surface area contributed by atoms with E-state index < -0.39 is 29.6 Å². The fourth-order valence-corrected chi connectivity index (χ4v) is 5.47. The molecule has 2 aromatic carbocycles. The number of fused-ring (bicyclic) bond motifs is 1. The Hall–Kier alpha value is -4.03. The van der Waals surface area contributed by atoms with Gasteiger partial charge >= 0.3 is 6.18 Å². The van der Waals surface area contributed by atoms with E-state index in [0.29, 0.717) is 34.5 Å². The smallest absolute Gasteiger partial charge is 0.433 e. The van der Waals surface area contributed by atoms with E-state index in [2.05, 4.69) is 10.1 Å². The molecular weight excluding hydrogens is 542 g/mol. The SMILES string of the molecule is COc1ccc(-c2nc3c(C(=O)N4CCN(C(CO)c5ccccc5F)C[C@H]4C)cnn3c(C(F)(F)F)c2C)cc1. The summed E-state index contributed by atoms with van der Waals surface area (Å²) in [4.78, 5) is 21.7. The predicted molar refractivity (Wildman–Crippen MR) is 143 cm³/mol. The van der Waals surface area contributed by atoms with Crippen molar-refractivity contribution in [3.05, 3.63) is 82.9 Å². The Labute approximate surface area is 233 Å². The van der Waals surface area contributed by atoms with Gasteiger partial charge in [-0.25, -0.2) is 13.9 Å². The molecule has 0 radical (unpaired) electrons. The number of hydrogen-bond donors (Lipinski definition) is 1. The zero-order chi connectivity index (χ0) is 29.5. The topological polar surface area (TPSA) is 83.2 Å². The second-order valence-electron chi connectivity index (χ2n) is 10.0. The highest BCUT2D eigenvalue weighted by atomic mass is 19.4. The summed E-state index contributed by atoms with van der Waals surface area (Å²) < 4.78 is 63.1. The molecular formula is C29H29F4N5O3. The Kier molecular flexibility index (Phi) is 7.71. The van der Waals surface area contributed by atoms with Crippen molar-refractivity contribution in [2.24, 2.45) is 0 Å². The Morgan fingerprint density at radius 3 is 2.46 bits per heavy atom. The minimum atomic E-state index is -4.76. The average molecular weight is 572 g/mol. The first-order valence-corrected chi connectivity index (χ1v) is 13.0. The van der Waals surface area contributed by atoms with Crippen molar-refractivity contribution >= 4 is 11.6 Å². The molecule has 1 amide bonds. The Morgan fingerprint density at radius 1 is 1.15 bits per heavy atom. The fraction of sp³-hybridized carbons (Fsp3) is 0.345. The largest absolute Gasteiger partial charge is 0.497 e. The summed E-state index contributed by atoms with van der Waals surface area (Å²) in [7, 11) is 1.49. The van der Waals surface area contributed by atoms with Gasteiger partial charge in [-0.05, 0) is 44.2 Å². The van der Waals surface area contributed by atoms with Crippen LogP contribution in [0.2, 0.25) is 0 Å². The van der Waals surface area contributed by atoms with Crippen LogP contribution in [0.5, 0.6) is 5.75 Å². The number of rotatable bonds is 6. The van der Waals surface area contributed by atoms with Crippen LogP contribution in [0.15, 0.2) is 54.7 Å². The number of halogens is 4. The third-order valence-electron chi connectivity index (χ3n) is 7.54. The Balaban J connectivity index is 1.49. The third-order valence-corrected chi connectivity index (χ3v) is 7.54. The van der Waals surface area contributed by atoms with Crippen molar-refractivity contribution in [1.29, 1.82) is 0 Å². The Bertz CT molecular complexity index is 1570. The van der Waals surface area contributed by atoms with Gasteiger partial charge in [0.1, 0.15) is 17.1 Å². The molecule has 8 nitrogen and oxygen atoms in total. The van der Waals surface area contributed by atoms with Crippen molar-refractivity contribution in [2.75, 3.05) is 33.4 Å². The summed E-state index contributed by atoms with van der Waals surface area (Å²) >= 11 is 0. The number of nitrogens with zero attached hydrogens (tertiary/aromatic N) is 5. The van der Waals surface area contributed by atoms with Crippen LogP contribution in [0.25, 0.3) is 16.9 Å². The lowest BCUT2D eigenvalue weighted by molar-refractivity contribution is -0.143. The average Bonchev–Trinajstić information content (AvgIpc) is 3.36. The first-order valence-electron chi connectivity index (χ1n) is 13.0. The summed E-state index contributed by atoms with van der Waals surface area (Å²) in [6.07, 6.45) is -3.64. The number of aliphatic hydroxyl groups is 1. The molecule has 5 rings (SSSR count). The van der Waals surface area contributed by atoms with Crippen LogP contribution < -0.4 is 4.74 Å². The summed E-state index contributed by atoms with van der Waals surface area (Å²) in [5.41, 5.74) is -0.527. The maximum Gasteiger partial charge on any atom is 0.433 e. The molecule has 3 heterocycles. The van der Waals surface area contributed by atoms with E-state index in [4.69, 9.17) is 4.74 Å². The van der Waals surface area contributed by atoms with Crippen LogP contribution in [0.4, 0.5) is 17.6 Å². The van der Waals surface area contributed by atoms with E-state index in [1.54, 1.807) is 54.3 Å². The summed E-state index contributed by atoms with van der Waals surface area (Å²) in [6, 6.07) is 11.7. The molecule has 0 aliphatic carbocycles. The molecule has 1 unspecified atom stereocenters. The van der Waals surface area contributed by atoms with E-state index in [1.807, 2.05) is 4.90 Å². The van der Waals surface area contributed by atoms with Crippen molar-refractivity contribution in [3.63, 3.8) is 0 Å². The summed E-state index contributed by atoms with van der Waals surface area (Å²) in [6.45, 7) is 3.67. The van der Waals surface area contributed by atoms with E-state index in [1.165, 1.54) is 20.1 Å². The van der Waals surface area contributed by atoms with Crippen molar-refractivity contribution < 1.29 is 32.2 Å². The number of methoxy groups -OCH3 is 1. The number of benzene rings is 2. The van der Waals surface area contributed by atoms with Crippen LogP contribution in [0, 0.1) is 12.7 Å². The highest BCUT2D eigenvalue weighted by molar-refractivity contribution is 6.00. The van der Waals surface area contributed by atoms with Gasteiger partial charge in [-0.3, -0.25) is 9.69 Å². The molecule has 0 spiro atoms. The molecule has 1 N–H and O–H groups in total. The number of aliphatic hydroxyl groups excluding tert-OH is 1. The van der Waals surface area contributed by atoms with Gasteiger partial charge in [0.2, 0.25) is 0 Å². The number of carbonyl (C=O) groups is 1. The van der Waals surface area contributed by atoms with Gasteiger partial charge in [-0.15, -0.1) is 0 Å². The molecule has 2 aromatic heterocycles. The van der Waals surface area contributed by atoms with Gasteiger partial charge in [0, 0.05) is 42.4 Å². The molecule has 12 heteroatoms. The van der Waals surface area contributed by atoms with Crippen LogP contribution in [0.1, 0.15) is 40.1 Å². The number of piperazine rings is 1. The number of carbonyl (C=O) groups excluding carboxylic acids is 1. The molecule has 2 atom stereocenters. The van der Waals surface area contributed by atoms with Gasteiger partial charge in [0.15, 0.2) is 11.3 Å². The Morgan fingerprint density at radius 2 is 1.85 bits per heavy atom. The van der Waals surface area contributed by atoms with Gasteiger partial charge in [0.25, 0.3) is 5.91 Å². The van der Waals surface area contributed by atoms with Gasteiger partial charge in [0.05, 0.1) is 31.6 Å². The first-order chi connectivity index (χ1) is 19.5. The van der Waals surface area contributed by atoms with E-state index in [0.717, 1.165) is 6.20 Å². The third kappa shape index (κ3) is 5.24. The summed E-state index contributed by atoms with van der Waals surface area (Å²) in [5.74, 6) is -0.405. The minimum absolute atomic E-state index is 0.0571. The first kappa shape index (κ1) is 28.5. The maximum atomic E-state index is 14.5. The van der Waals surface area contributed by atoms with Gasteiger partial charge < -0.3 is 14.7 Å². The number of hydrogen-bond acceptors (Lipinski definition) is 6. The number of aromatic nitrogens is 3. The van der Waals surface area contributed by atoms with Crippen molar-refractivity contribution in [1.82, 2.24) is 24.4 Å². The maximum absolute atomic E-state index is 14.5. The second-order valence-corrected chi connectivity index (χ2v) is 10.0. The highest BCUT2D eigenvalue weighted by Crippen LogP contribution is 2.37. The number of amides is 1. The second kappa shape index (κ2) is 11.1. The minimum Gasteiger partial charge on any atom is -0.497 e. The monoisotopic (exact) mass is 571 g/mol. The standard InChI is InChI=1S/C29H29F4N5O3/c1-17-15-36(24(16-39)21-6-4-5-7-23(21)30)12-13-37(17)28(40)22-14-34-38-26(29(31,32)33)18(2)25(35-27(22)38)19-8-10-20(41-3)11-9-19/h4-11,14,17,24,39H,12-13,15-16H2,1-3H3/t17-,24?/m1/s1. The van der Waals surface area contributed by atoms with E-state index in [9.17, 15) is 27.5 Å². The van der Waals surface area contributed by atoms with Crippen LogP contribution in [0.3, 0.4) is 0 Å². The molecule has 0 saturated carbocycles. The lowest BCUT2D eigenvalue weighted by atomic mass is 10.0. The molecule has 1 aliphatic rings. The van der Waals surface area contributed by atoms with Crippen LogP contribution >= 0.6 is 0 Å².